The second-order valence-corrected chi connectivity index (χ2v) is 4.91. The molecule has 0 spiro atoms. The molecule has 1 aromatic rings. The Labute approximate surface area is 128 Å². The molecule has 118 valence electrons. The first-order valence-corrected chi connectivity index (χ1v) is 6.96. The van der Waals surface area contributed by atoms with Gasteiger partial charge in [-0.15, -0.1) is 0 Å². The molecule has 0 radical (unpaired) electrons. The maximum atomic E-state index is 12.1. The van der Waals surface area contributed by atoms with Crippen LogP contribution in [0.25, 0.3) is 0 Å². The van der Waals surface area contributed by atoms with Crippen LogP contribution in [0, 0.1) is 5.92 Å². The van der Waals surface area contributed by atoms with Crippen LogP contribution in [0.5, 0.6) is 5.75 Å². The largest absolute Gasteiger partial charge is 0.497 e. The number of benzene rings is 1. The standard InChI is InChI=1S/C15H18N2O5/c1-3-11-12(16-15(20)17-13(11)18)14(19)22-8-9-4-6-10(21-2)7-5-9/h4-7,11-12H,3,8H2,1-2H3,(H2,16,17,18,20)/t11-,12-/m0/s1. The van der Waals surface area contributed by atoms with Gasteiger partial charge in [-0.2, -0.15) is 0 Å². The SMILES string of the molecule is CC[C@@H]1C(=O)NC(=O)N[C@@H]1C(=O)OCc1ccc(OC)cc1. The van der Waals surface area contributed by atoms with E-state index in [4.69, 9.17) is 9.47 Å². The summed E-state index contributed by atoms with van der Waals surface area (Å²) in [6, 6.07) is 5.43. The number of hydrogen-bond acceptors (Lipinski definition) is 5. The van der Waals surface area contributed by atoms with Gasteiger partial charge in [0.15, 0.2) is 0 Å². The Balaban J connectivity index is 1.97. The molecule has 2 rings (SSSR count). The normalized spacial score (nSPS) is 20.8. The molecule has 1 aromatic carbocycles. The summed E-state index contributed by atoms with van der Waals surface area (Å²) in [7, 11) is 1.57. The van der Waals surface area contributed by atoms with Gasteiger partial charge in [-0.1, -0.05) is 19.1 Å². The summed E-state index contributed by atoms with van der Waals surface area (Å²) in [4.78, 5) is 35.1. The number of ether oxygens (including phenoxy) is 2. The molecule has 7 nitrogen and oxygen atoms in total. The summed E-state index contributed by atoms with van der Waals surface area (Å²) in [6.07, 6.45) is 0.425. The molecule has 22 heavy (non-hydrogen) atoms. The first-order valence-electron chi connectivity index (χ1n) is 6.96. The van der Waals surface area contributed by atoms with Crippen molar-refractivity contribution in [1.29, 1.82) is 0 Å². The van der Waals surface area contributed by atoms with Crippen molar-refractivity contribution in [3.63, 3.8) is 0 Å². The highest BCUT2D eigenvalue weighted by Crippen LogP contribution is 2.16. The summed E-state index contributed by atoms with van der Waals surface area (Å²) >= 11 is 0. The highest BCUT2D eigenvalue weighted by molar-refractivity contribution is 6.02. The summed E-state index contributed by atoms with van der Waals surface area (Å²) in [5, 5.41) is 4.58. The number of urea groups is 1. The number of esters is 1. The second kappa shape index (κ2) is 6.93. The van der Waals surface area contributed by atoms with Crippen LogP contribution in [0.4, 0.5) is 4.79 Å². The number of rotatable bonds is 5. The number of methoxy groups -OCH3 is 1. The van der Waals surface area contributed by atoms with Crippen molar-refractivity contribution in [1.82, 2.24) is 10.6 Å². The molecule has 0 bridgehead atoms. The van der Waals surface area contributed by atoms with Gasteiger partial charge in [-0.05, 0) is 24.1 Å². The van der Waals surface area contributed by atoms with Gasteiger partial charge in [0.1, 0.15) is 18.4 Å². The fourth-order valence-electron chi connectivity index (χ4n) is 2.24. The number of carbonyl (C=O) groups is 3. The molecule has 7 heteroatoms. The molecule has 1 saturated heterocycles. The zero-order valence-electron chi connectivity index (χ0n) is 12.4. The van der Waals surface area contributed by atoms with Gasteiger partial charge in [-0.3, -0.25) is 10.1 Å². The third-order valence-electron chi connectivity index (χ3n) is 3.50. The van der Waals surface area contributed by atoms with Gasteiger partial charge in [0, 0.05) is 0 Å². The lowest BCUT2D eigenvalue weighted by Crippen LogP contribution is -2.61. The molecule has 2 atom stereocenters. The van der Waals surface area contributed by atoms with Crippen LogP contribution in [-0.2, 0) is 20.9 Å². The van der Waals surface area contributed by atoms with Crippen molar-refractivity contribution in [2.75, 3.05) is 7.11 Å². The van der Waals surface area contributed by atoms with Crippen LogP contribution in [0.3, 0.4) is 0 Å². The molecule has 1 aliphatic heterocycles. The Kier molecular flexibility index (Phi) is 4.98. The minimum Gasteiger partial charge on any atom is -0.497 e. The lowest BCUT2D eigenvalue weighted by molar-refractivity contribution is -0.151. The predicted molar refractivity (Wildman–Crippen MR) is 77.0 cm³/mol. The van der Waals surface area contributed by atoms with Crippen molar-refractivity contribution in [2.45, 2.75) is 26.0 Å². The van der Waals surface area contributed by atoms with Gasteiger partial charge < -0.3 is 14.8 Å². The Morgan fingerprint density at radius 3 is 2.50 bits per heavy atom. The van der Waals surface area contributed by atoms with Gasteiger partial charge in [-0.25, -0.2) is 9.59 Å². The minimum atomic E-state index is -0.954. The highest BCUT2D eigenvalue weighted by Gasteiger charge is 2.39. The molecule has 0 aromatic heterocycles. The topological polar surface area (TPSA) is 93.7 Å². The van der Waals surface area contributed by atoms with Gasteiger partial charge >= 0.3 is 12.0 Å². The lowest BCUT2D eigenvalue weighted by Gasteiger charge is -2.29. The van der Waals surface area contributed by atoms with E-state index in [1.807, 2.05) is 0 Å². The molecule has 1 fully saturated rings. The number of amides is 3. The molecule has 0 unspecified atom stereocenters. The van der Waals surface area contributed by atoms with Crippen LogP contribution >= 0.6 is 0 Å². The molecule has 1 heterocycles. The minimum absolute atomic E-state index is 0.0627. The smallest absolute Gasteiger partial charge is 0.329 e. The van der Waals surface area contributed by atoms with Crippen LogP contribution in [0.15, 0.2) is 24.3 Å². The predicted octanol–water partition coefficient (Wildman–Crippen LogP) is 0.973. The number of imide groups is 1. The summed E-state index contributed by atoms with van der Waals surface area (Å²) in [6.45, 7) is 1.83. The molecular weight excluding hydrogens is 288 g/mol. The zero-order chi connectivity index (χ0) is 16.1. The van der Waals surface area contributed by atoms with Gasteiger partial charge in [0.25, 0.3) is 0 Å². The summed E-state index contributed by atoms with van der Waals surface area (Å²) in [5.74, 6) is -0.998. The maximum Gasteiger partial charge on any atom is 0.329 e. The Morgan fingerprint density at radius 1 is 1.23 bits per heavy atom. The van der Waals surface area contributed by atoms with E-state index in [-0.39, 0.29) is 6.61 Å². The number of nitrogens with one attached hydrogen (secondary N) is 2. The van der Waals surface area contributed by atoms with Crippen LogP contribution < -0.4 is 15.4 Å². The van der Waals surface area contributed by atoms with Gasteiger partial charge in [0.2, 0.25) is 5.91 Å². The third-order valence-corrected chi connectivity index (χ3v) is 3.50. The van der Waals surface area contributed by atoms with E-state index in [1.165, 1.54) is 0 Å². The molecule has 2 N–H and O–H groups in total. The van der Waals surface area contributed by atoms with E-state index in [0.717, 1.165) is 5.56 Å². The molecule has 1 aliphatic rings. The Morgan fingerprint density at radius 2 is 1.91 bits per heavy atom. The number of carbonyl (C=O) groups excluding carboxylic acids is 3. The average molecular weight is 306 g/mol. The zero-order valence-corrected chi connectivity index (χ0v) is 12.4. The maximum absolute atomic E-state index is 12.1. The van der Waals surface area contributed by atoms with E-state index in [1.54, 1.807) is 38.3 Å². The quantitative estimate of drug-likeness (QED) is 0.791. The molecule has 3 amide bonds. The van der Waals surface area contributed by atoms with Crippen LogP contribution in [-0.4, -0.2) is 31.1 Å². The number of hydrogen-bond donors (Lipinski definition) is 2. The van der Waals surface area contributed by atoms with Crippen molar-refractivity contribution in [3.05, 3.63) is 29.8 Å². The summed E-state index contributed by atoms with van der Waals surface area (Å²) in [5.41, 5.74) is 0.786. The van der Waals surface area contributed by atoms with Crippen molar-refractivity contribution in [2.24, 2.45) is 5.92 Å². The molecule has 0 aliphatic carbocycles. The van der Waals surface area contributed by atoms with Crippen molar-refractivity contribution < 1.29 is 23.9 Å². The Bertz CT molecular complexity index is 570. The fourth-order valence-corrected chi connectivity index (χ4v) is 2.24. The summed E-state index contributed by atoms with van der Waals surface area (Å²) < 4.78 is 10.2. The van der Waals surface area contributed by atoms with Crippen molar-refractivity contribution >= 4 is 17.9 Å². The van der Waals surface area contributed by atoms with E-state index in [2.05, 4.69) is 10.6 Å². The van der Waals surface area contributed by atoms with Crippen LogP contribution in [0.2, 0.25) is 0 Å². The second-order valence-electron chi connectivity index (χ2n) is 4.91. The van der Waals surface area contributed by atoms with Crippen molar-refractivity contribution in [3.8, 4) is 5.75 Å². The lowest BCUT2D eigenvalue weighted by atomic mass is 9.94. The van der Waals surface area contributed by atoms with E-state index < -0.39 is 29.9 Å². The third kappa shape index (κ3) is 3.55. The van der Waals surface area contributed by atoms with E-state index in [0.29, 0.717) is 12.2 Å². The average Bonchev–Trinajstić information content (AvgIpc) is 2.52. The van der Waals surface area contributed by atoms with Crippen LogP contribution in [0.1, 0.15) is 18.9 Å². The van der Waals surface area contributed by atoms with E-state index >= 15 is 0 Å². The van der Waals surface area contributed by atoms with Gasteiger partial charge in [0.05, 0.1) is 13.0 Å². The molecule has 0 saturated carbocycles. The van der Waals surface area contributed by atoms with E-state index in [9.17, 15) is 14.4 Å². The Hall–Kier alpha value is -2.57. The molecular formula is C15H18N2O5. The monoisotopic (exact) mass is 306 g/mol. The highest BCUT2D eigenvalue weighted by atomic mass is 16.5. The fraction of sp³-hybridized carbons (Fsp3) is 0.400. The first kappa shape index (κ1) is 15.8. The first-order chi connectivity index (χ1) is 10.5.